The number of guanidine groups is 1. The van der Waals surface area contributed by atoms with Gasteiger partial charge in [0.2, 0.25) is 0 Å². The van der Waals surface area contributed by atoms with Crippen molar-refractivity contribution in [3.8, 4) is 0 Å². The zero-order valence-corrected chi connectivity index (χ0v) is 12.6. The third-order valence-electron chi connectivity index (χ3n) is 4.22. The fourth-order valence-corrected chi connectivity index (χ4v) is 3.00. The van der Waals surface area contributed by atoms with E-state index in [1.165, 1.54) is 32.1 Å². The molecule has 4 heteroatoms. The maximum atomic E-state index is 5.47. The standard InChI is InChI=1S/C17H25N3O/c1-3-7-15(8-4-1)18-17(20-11-13-21-14-12-20)19-16-9-5-2-6-10-16/h1,3-4,7-8,16H,2,5-6,9-14H2,(H,18,19). The van der Waals surface area contributed by atoms with Crippen LogP contribution in [0.25, 0.3) is 0 Å². The van der Waals surface area contributed by atoms with E-state index >= 15 is 0 Å². The molecular formula is C17H25N3O. The number of para-hydroxylation sites is 1. The summed E-state index contributed by atoms with van der Waals surface area (Å²) in [5.41, 5.74) is 1.11. The first-order chi connectivity index (χ1) is 10.4. The van der Waals surface area contributed by atoms with Crippen LogP contribution in [0.4, 0.5) is 5.69 Å². The minimum atomic E-state index is 0.479. The molecule has 3 rings (SSSR count). The average Bonchev–Trinajstić information content (AvgIpc) is 2.57. The number of nitrogens with one attached hydrogen (secondary N) is 1. The summed E-state index contributed by atoms with van der Waals surface area (Å²) in [6.07, 6.45) is 6.45. The zero-order chi connectivity index (χ0) is 14.3. The first kappa shape index (κ1) is 14.4. The SMILES string of the molecule is c1ccc(NC(=NC2CCCCC2)N2CCOCC2)cc1. The fraction of sp³-hybridized carbons (Fsp3) is 0.588. The highest BCUT2D eigenvalue weighted by molar-refractivity contribution is 5.93. The van der Waals surface area contributed by atoms with Gasteiger partial charge < -0.3 is 15.0 Å². The molecule has 2 aliphatic rings. The molecule has 0 unspecified atom stereocenters. The monoisotopic (exact) mass is 287 g/mol. The predicted molar refractivity (Wildman–Crippen MR) is 86.8 cm³/mol. The van der Waals surface area contributed by atoms with Crippen molar-refractivity contribution in [3.63, 3.8) is 0 Å². The summed E-state index contributed by atoms with van der Waals surface area (Å²) < 4.78 is 5.47. The molecule has 0 atom stereocenters. The van der Waals surface area contributed by atoms with E-state index in [0.717, 1.165) is 38.0 Å². The summed E-state index contributed by atoms with van der Waals surface area (Å²) in [4.78, 5) is 7.35. The number of ether oxygens (including phenoxy) is 1. The normalized spacial score (nSPS) is 21.3. The Kier molecular flexibility index (Phi) is 5.11. The molecule has 2 fully saturated rings. The van der Waals surface area contributed by atoms with Crippen LogP contribution >= 0.6 is 0 Å². The number of morpholine rings is 1. The second-order valence-corrected chi connectivity index (χ2v) is 5.83. The van der Waals surface area contributed by atoms with Gasteiger partial charge in [0.15, 0.2) is 5.96 Å². The highest BCUT2D eigenvalue weighted by Crippen LogP contribution is 2.21. The maximum absolute atomic E-state index is 5.47. The Morgan fingerprint density at radius 2 is 1.76 bits per heavy atom. The molecule has 1 aliphatic heterocycles. The summed E-state index contributed by atoms with van der Waals surface area (Å²) >= 11 is 0. The summed E-state index contributed by atoms with van der Waals surface area (Å²) in [7, 11) is 0. The van der Waals surface area contributed by atoms with Crippen LogP contribution in [0.15, 0.2) is 35.3 Å². The van der Waals surface area contributed by atoms with E-state index in [4.69, 9.17) is 9.73 Å². The third-order valence-corrected chi connectivity index (χ3v) is 4.22. The van der Waals surface area contributed by atoms with Gasteiger partial charge in [-0.05, 0) is 25.0 Å². The van der Waals surface area contributed by atoms with Gasteiger partial charge in [0, 0.05) is 18.8 Å². The van der Waals surface area contributed by atoms with Crippen molar-refractivity contribution in [3.05, 3.63) is 30.3 Å². The van der Waals surface area contributed by atoms with Gasteiger partial charge in [0.05, 0.1) is 19.3 Å². The Morgan fingerprint density at radius 1 is 1.05 bits per heavy atom. The Labute approximate surface area is 127 Å². The quantitative estimate of drug-likeness (QED) is 0.671. The van der Waals surface area contributed by atoms with Gasteiger partial charge >= 0.3 is 0 Å². The van der Waals surface area contributed by atoms with Crippen LogP contribution in [0.5, 0.6) is 0 Å². The van der Waals surface area contributed by atoms with Crippen LogP contribution in [-0.4, -0.2) is 43.2 Å². The topological polar surface area (TPSA) is 36.9 Å². The molecule has 1 aromatic rings. The number of benzene rings is 1. The lowest BCUT2D eigenvalue weighted by atomic mass is 9.96. The van der Waals surface area contributed by atoms with Crippen molar-refractivity contribution in [2.45, 2.75) is 38.1 Å². The minimum absolute atomic E-state index is 0.479. The fourth-order valence-electron chi connectivity index (χ4n) is 3.00. The first-order valence-corrected chi connectivity index (χ1v) is 8.14. The van der Waals surface area contributed by atoms with Gasteiger partial charge in [-0.15, -0.1) is 0 Å². The highest BCUT2D eigenvalue weighted by Gasteiger charge is 2.19. The molecule has 0 amide bonds. The van der Waals surface area contributed by atoms with Crippen molar-refractivity contribution < 1.29 is 4.74 Å². The number of rotatable bonds is 2. The van der Waals surface area contributed by atoms with Crippen molar-refractivity contribution in [1.82, 2.24) is 4.90 Å². The molecule has 1 N–H and O–H groups in total. The molecule has 0 radical (unpaired) electrons. The van der Waals surface area contributed by atoms with Crippen molar-refractivity contribution in [1.29, 1.82) is 0 Å². The van der Waals surface area contributed by atoms with Crippen LogP contribution in [0, 0.1) is 0 Å². The van der Waals surface area contributed by atoms with Gasteiger partial charge in [-0.25, -0.2) is 4.99 Å². The molecule has 114 valence electrons. The molecule has 0 bridgehead atoms. The number of anilines is 1. The van der Waals surface area contributed by atoms with Crippen molar-refractivity contribution in [2.24, 2.45) is 4.99 Å². The van der Waals surface area contributed by atoms with Crippen molar-refractivity contribution in [2.75, 3.05) is 31.6 Å². The first-order valence-electron chi connectivity index (χ1n) is 8.14. The van der Waals surface area contributed by atoms with Crippen LogP contribution in [-0.2, 0) is 4.74 Å². The molecule has 21 heavy (non-hydrogen) atoms. The number of hydrogen-bond acceptors (Lipinski definition) is 2. The largest absolute Gasteiger partial charge is 0.378 e. The van der Waals surface area contributed by atoms with Gasteiger partial charge in [0.25, 0.3) is 0 Å². The van der Waals surface area contributed by atoms with E-state index in [1.807, 2.05) is 6.07 Å². The van der Waals surface area contributed by atoms with E-state index in [1.54, 1.807) is 0 Å². The van der Waals surface area contributed by atoms with E-state index in [-0.39, 0.29) is 0 Å². The molecule has 1 saturated heterocycles. The Hall–Kier alpha value is -1.55. The Morgan fingerprint density at radius 3 is 2.48 bits per heavy atom. The number of hydrogen-bond donors (Lipinski definition) is 1. The average molecular weight is 287 g/mol. The summed E-state index contributed by atoms with van der Waals surface area (Å²) in [5, 5.41) is 3.52. The smallest absolute Gasteiger partial charge is 0.198 e. The van der Waals surface area contributed by atoms with Crippen LogP contribution in [0.2, 0.25) is 0 Å². The van der Waals surface area contributed by atoms with Gasteiger partial charge in [-0.1, -0.05) is 37.5 Å². The van der Waals surface area contributed by atoms with Gasteiger partial charge in [0.1, 0.15) is 0 Å². The minimum Gasteiger partial charge on any atom is -0.378 e. The zero-order valence-electron chi connectivity index (χ0n) is 12.6. The van der Waals surface area contributed by atoms with Gasteiger partial charge in [-0.3, -0.25) is 0 Å². The van der Waals surface area contributed by atoms with Crippen LogP contribution < -0.4 is 5.32 Å². The molecule has 1 saturated carbocycles. The van der Waals surface area contributed by atoms with Crippen LogP contribution in [0.3, 0.4) is 0 Å². The predicted octanol–water partition coefficient (Wildman–Crippen LogP) is 3.12. The number of aliphatic imine (C=N–C) groups is 1. The lowest BCUT2D eigenvalue weighted by molar-refractivity contribution is 0.0677. The van der Waals surface area contributed by atoms with E-state index < -0.39 is 0 Å². The Bertz CT molecular complexity index is 448. The van der Waals surface area contributed by atoms with Crippen LogP contribution in [0.1, 0.15) is 32.1 Å². The molecule has 4 nitrogen and oxygen atoms in total. The molecule has 0 spiro atoms. The van der Waals surface area contributed by atoms with E-state index in [9.17, 15) is 0 Å². The molecule has 0 aromatic heterocycles. The molecule has 1 heterocycles. The lowest BCUT2D eigenvalue weighted by Gasteiger charge is -2.31. The van der Waals surface area contributed by atoms with E-state index in [2.05, 4.69) is 34.5 Å². The summed E-state index contributed by atoms with van der Waals surface area (Å²) in [6.45, 7) is 3.43. The summed E-state index contributed by atoms with van der Waals surface area (Å²) in [6, 6.07) is 10.8. The number of nitrogens with zero attached hydrogens (tertiary/aromatic N) is 2. The van der Waals surface area contributed by atoms with Gasteiger partial charge in [-0.2, -0.15) is 0 Å². The summed E-state index contributed by atoms with van der Waals surface area (Å²) in [5.74, 6) is 1.02. The lowest BCUT2D eigenvalue weighted by Crippen LogP contribution is -2.44. The second kappa shape index (κ2) is 7.46. The molecule has 1 aliphatic carbocycles. The van der Waals surface area contributed by atoms with Crippen molar-refractivity contribution >= 4 is 11.6 Å². The van der Waals surface area contributed by atoms with E-state index in [0.29, 0.717) is 6.04 Å². The molecule has 1 aromatic carbocycles. The Balaban J connectivity index is 1.74. The third kappa shape index (κ3) is 4.21. The highest BCUT2D eigenvalue weighted by atomic mass is 16.5. The molecular weight excluding hydrogens is 262 g/mol. The second-order valence-electron chi connectivity index (χ2n) is 5.83. The maximum Gasteiger partial charge on any atom is 0.198 e.